The molecule has 0 saturated carbocycles. The summed E-state index contributed by atoms with van der Waals surface area (Å²) in [7, 11) is 0. The van der Waals surface area contributed by atoms with Crippen molar-refractivity contribution in [1.29, 1.82) is 0 Å². The van der Waals surface area contributed by atoms with E-state index in [0.29, 0.717) is 6.61 Å². The molecule has 0 unspecified atom stereocenters. The molecule has 3 heteroatoms. The Morgan fingerprint density at radius 3 is 1.85 bits per heavy atom. The molecule has 0 amide bonds. The maximum atomic E-state index is 6.12. The van der Waals surface area contributed by atoms with Crippen molar-refractivity contribution in [3.05, 3.63) is 71.8 Å². The van der Waals surface area contributed by atoms with Crippen LogP contribution in [0.4, 0.5) is 0 Å². The van der Waals surface area contributed by atoms with Gasteiger partial charge < -0.3 is 15.2 Å². The van der Waals surface area contributed by atoms with Gasteiger partial charge >= 0.3 is 0 Å². The Morgan fingerprint density at radius 1 is 0.630 bits per heavy atom. The summed E-state index contributed by atoms with van der Waals surface area (Å²) in [6.07, 6.45) is 8.34. The van der Waals surface area contributed by atoms with E-state index in [1.54, 1.807) is 0 Å². The molecule has 27 heavy (non-hydrogen) atoms. The summed E-state index contributed by atoms with van der Waals surface area (Å²) in [5, 5.41) is 0. The summed E-state index contributed by atoms with van der Waals surface area (Å²) in [5.74, 6) is 0. The van der Waals surface area contributed by atoms with Gasteiger partial charge in [-0.15, -0.1) is 0 Å². The fourth-order valence-corrected chi connectivity index (χ4v) is 3.06. The van der Waals surface area contributed by atoms with Crippen LogP contribution in [-0.4, -0.2) is 26.4 Å². The molecule has 0 aliphatic rings. The second-order valence-corrected chi connectivity index (χ2v) is 7.06. The lowest BCUT2D eigenvalue weighted by Gasteiger charge is -2.12. The summed E-state index contributed by atoms with van der Waals surface area (Å²) in [4.78, 5) is 0. The normalized spacial score (nSPS) is 12.2. The molecule has 0 aliphatic carbocycles. The lowest BCUT2D eigenvalue weighted by molar-refractivity contribution is 0.116. The van der Waals surface area contributed by atoms with Crippen molar-refractivity contribution in [3.63, 3.8) is 0 Å². The first-order valence-corrected chi connectivity index (χ1v) is 10.4. The minimum absolute atomic E-state index is 0.0203. The highest BCUT2D eigenvalue weighted by atomic mass is 16.5. The van der Waals surface area contributed by atoms with E-state index in [1.165, 1.54) is 31.2 Å². The zero-order valence-corrected chi connectivity index (χ0v) is 16.5. The standard InChI is InChI=1S/C24H35NO2/c25-24(23-15-9-6-10-16-23)21-27-19-12-4-2-1-3-11-18-26-20-17-22-13-7-5-8-14-22/h5-10,13-16,24H,1-4,11-12,17-21,25H2/t24-/m1/s1. The van der Waals surface area contributed by atoms with Crippen LogP contribution < -0.4 is 5.73 Å². The van der Waals surface area contributed by atoms with Gasteiger partial charge in [0.15, 0.2) is 0 Å². The van der Waals surface area contributed by atoms with Crippen molar-refractivity contribution in [2.45, 2.75) is 51.0 Å². The maximum absolute atomic E-state index is 6.12. The van der Waals surface area contributed by atoms with Crippen LogP contribution in [0, 0.1) is 0 Å². The third-order valence-electron chi connectivity index (χ3n) is 4.73. The zero-order chi connectivity index (χ0) is 19.0. The average Bonchev–Trinajstić information content (AvgIpc) is 2.72. The highest BCUT2D eigenvalue weighted by Crippen LogP contribution is 2.10. The van der Waals surface area contributed by atoms with Crippen LogP contribution in [-0.2, 0) is 15.9 Å². The Morgan fingerprint density at radius 2 is 1.19 bits per heavy atom. The van der Waals surface area contributed by atoms with Crippen LogP contribution in [0.5, 0.6) is 0 Å². The van der Waals surface area contributed by atoms with E-state index >= 15 is 0 Å². The molecule has 2 aromatic rings. The first-order chi connectivity index (χ1) is 13.4. The Labute approximate surface area is 164 Å². The topological polar surface area (TPSA) is 44.5 Å². The lowest BCUT2D eigenvalue weighted by atomic mass is 10.1. The molecule has 148 valence electrons. The largest absolute Gasteiger partial charge is 0.381 e. The molecule has 0 fully saturated rings. The monoisotopic (exact) mass is 369 g/mol. The van der Waals surface area contributed by atoms with Crippen molar-refractivity contribution >= 4 is 0 Å². The fraction of sp³-hybridized carbons (Fsp3) is 0.500. The van der Waals surface area contributed by atoms with Crippen LogP contribution in [0.1, 0.15) is 55.7 Å². The van der Waals surface area contributed by atoms with E-state index in [0.717, 1.165) is 44.6 Å². The molecule has 3 nitrogen and oxygen atoms in total. The van der Waals surface area contributed by atoms with Crippen molar-refractivity contribution in [2.75, 3.05) is 26.4 Å². The van der Waals surface area contributed by atoms with Gasteiger partial charge in [0.25, 0.3) is 0 Å². The molecule has 1 atom stereocenters. The van der Waals surface area contributed by atoms with Crippen LogP contribution in [0.3, 0.4) is 0 Å². The minimum atomic E-state index is -0.0203. The first-order valence-electron chi connectivity index (χ1n) is 10.4. The summed E-state index contributed by atoms with van der Waals surface area (Å²) in [5.41, 5.74) is 8.62. The number of unbranched alkanes of at least 4 members (excludes halogenated alkanes) is 5. The molecule has 2 rings (SSSR count). The Balaban J connectivity index is 1.32. The van der Waals surface area contributed by atoms with E-state index < -0.39 is 0 Å². The third kappa shape index (κ3) is 10.3. The van der Waals surface area contributed by atoms with Gasteiger partial charge in [-0.1, -0.05) is 86.3 Å². The fourth-order valence-electron chi connectivity index (χ4n) is 3.06. The maximum Gasteiger partial charge on any atom is 0.0659 e. The minimum Gasteiger partial charge on any atom is -0.381 e. The van der Waals surface area contributed by atoms with Crippen molar-refractivity contribution < 1.29 is 9.47 Å². The number of ether oxygens (including phenoxy) is 2. The lowest BCUT2D eigenvalue weighted by Crippen LogP contribution is -2.17. The predicted molar refractivity (Wildman–Crippen MR) is 113 cm³/mol. The average molecular weight is 370 g/mol. The molecular formula is C24H35NO2. The summed E-state index contributed by atoms with van der Waals surface area (Å²) in [6, 6.07) is 20.7. The van der Waals surface area contributed by atoms with E-state index in [9.17, 15) is 0 Å². The van der Waals surface area contributed by atoms with E-state index in [4.69, 9.17) is 15.2 Å². The summed E-state index contributed by atoms with van der Waals surface area (Å²) < 4.78 is 11.4. The molecule has 0 aliphatic heterocycles. The zero-order valence-electron chi connectivity index (χ0n) is 16.5. The van der Waals surface area contributed by atoms with Gasteiger partial charge in [-0.25, -0.2) is 0 Å². The van der Waals surface area contributed by atoms with Gasteiger partial charge in [0.1, 0.15) is 0 Å². The highest BCUT2D eigenvalue weighted by molar-refractivity contribution is 5.18. The Kier molecular flexibility index (Phi) is 11.5. The van der Waals surface area contributed by atoms with E-state index in [2.05, 4.69) is 42.5 Å². The van der Waals surface area contributed by atoms with Crippen molar-refractivity contribution in [3.8, 4) is 0 Å². The predicted octanol–water partition coefficient (Wildman–Crippen LogP) is 5.30. The number of benzene rings is 2. The van der Waals surface area contributed by atoms with Crippen LogP contribution in [0.15, 0.2) is 60.7 Å². The molecule has 0 spiro atoms. The summed E-state index contributed by atoms with van der Waals surface area (Å²) in [6.45, 7) is 3.12. The molecule has 0 saturated heterocycles. The van der Waals surface area contributed by atoms with E-state index in [-0.39, 0.29) is 6.04 Å². The molecule has 2 aromatic carbocycles. The summed E-state index contributed by atoms with van der Waals surface area (Å²) >= 11 is 0. The quantitative estimate of drug-likeness (QED) is 0.433. The van der Waals surface area contributed by atoms with E-state index in [1.807, 2.05) is 18.2 Å². The molecule has 0 heterocycles. The van der Waals surface area contributed by atoms with Gasteiger partial charge in [0.2, 0.25) is 0 Å². The molecule has 0 bridgehead atoms. The molecule has 0 aromatic heterocycles. The molecule has 0 radical (unpaired) electrons. The number of rotatable bonds is 15. The number of nitrogens with two attached hydrogens (primary N) is 1. The smallest absolute Gasteiger partial charge is 0.0659 e. The van der Waals surface area contributed by atoms with Crippen molar-refractivity contribution in [1.82, 2.24) is 0 Å². The van der Waals surface area contributed by atoms with Gasteiger partial charge in [0, 0.05) is 13.2 Å². The number of hydrogen-bond acceptors (Lipinski definition) is 3. The SMILES string of the molecule is N[C@H](COCCCCCCCCOCCc1ccccc1)c1ccccc1. The third-order valence-corrected chi connectivity index (χ3v) is 4.73. The second-order valence-electron chi connectivity index (χ2n) is 7.06. The number of hydrogen-bond donors (Lipinski definition) is 1. The van der Waals surface area contributed by atoms with Gasteiger partial charge in [-0.2, -0.15) is 0 Å². The van der Waals surface area contributed by atoms with Crippen LogP contribution >= 0.6 is 0 Å². The Hall–Kier alpha value is -1.68. The van der Waals surface area contributed by atoms with Gasteiger partial charge in [-0.3, -0.25) is 0 Å². The van der Waals surface area contributed by atoms with Gasteiger partial charge in [-0.05, 0) is 30.4 Å². The molecule has 2 N–H and O–H groups in total. The molecular weight excluding hydrogens is 334 g/mol. The van der Waals surface area contributed by atoms with Gasteiger partial charge in [0.05, 0.1) is 19.3 Å². The second kappa shape index (κ2) is 14.4. The Bertz CT molecular complexity index is 573. The van der Waals surface area contributed by atoms with Crippen LogP contribution in [0.2, 0.25) is 0 Å². The van der Waals surface area contributed by atoms with Crippen LogP contribution in [0.25, 0.3) is 0 Å². The highest BCUT2D eigenvalue weighted by Gasteiger charge is 2.04. The van der Waals surface area contributed by atoms with Crippen molar-refractivity contribution in [2.24, 2.45) is 5.73 Å². The first kappa shape index (κ1) is 21.6.